The Morgan fingerprint density at radius 2 is 1.90 bits per heavy atom. The first-order chi connectivity index (χ1) is 10.0. The van der Waals surface area contributed by atoms with Gasteiger partial charge in [0.25, 0.3) is 0 Å². The lowest BCUT2D eigenvalue weighted by Crippen LogP contribution is -2.23. The molecule has 0 aliphatic carbocycles. The highest BCUT2D eigenvalue weighted by molar-refractivity contribution is 9.10. The predicted molar refractivity (Wildman–Crippen MR) is 93.5 cm³/mol. The van der Waals surface area contributed by atoms with Gasteiger partial charge in [-0.1, -0.05) is 51.8 Å². The molecule has 2 rings (SSSR count). The van der Waals surface area contributed by atoms with E-state index in [4.69, 9.17) is 17.3 Å². The molecule has 0 fully saturated rings. The molecule has 2 N–H and O–H groups in total. The molecule has 0 aliphatic heterocycles. The predicted octanol–water partition coefficient (Wildman–Crippen LogP) is 4.62. The van der Waals surface area contributed by atoms with Crippen LogP contribution in [0.25, 0.3) is 0 Å². The summed E-state index contributed by atoms with van der Waals surface area (Å²) in [7, 11) is 2.12. The Bertz CT molecular complexity index is 571. The summed E-state index contributed by atoms with van der Waals surface area (Å²) in [4.78, 5) is 2.29. The van der Waals surface area contributed by atoms with Gasteiger partial charge in [0.05, 0.1) is 0 Å². The van der Waals surface area contributed by atoms with Crippen molar-refractivity contribution in [2.24, 2.45) is 5.73 Å². The number of rotatable bonds is 6. The van der Waals surface area contributed by atoms with Crippen molar-refractivity contribution in [2.75, 3.05) is 13.6 Å². The molecule has 112 valence electrons. The quantitative estimate of drug-likeness (QED) is 0.807. The molecule has 0 amide bonds. The van der Waals surface area contributed by atoms with Crippen LogP contribution >= 0.6 is 27.5 Å². The SMILES string of the molecule is CN(CCC(N)c1cccc(Cl)c1)Cc1ccc(Br)cc1. The summed E-state index contributed by atoms with van der Waals surface area (Å²) >= 11 is 9.45. The topological polar surface area (TPSA) is 29.3 Å². The molecule has 0 bridgehead atoms. The third-order valence-corrected chi connectivity index (χ3v) is 4.23. The summed E-state index contributed by atoms with van der Waals surface area (Å²) in [5.74, 6) is 0. The van der Waals surface area contributed by atoms with Crippen LogP contribution in [0.5, 0.6) is 0 Å². The molecule has 0 saturated carbocycles. The number of benzene rings is 2. The van der Waals surface area contributed by atoms with Crippen LogP contribution in [-0.4, -0.2) is 18.5 Å². The Morgan fingerprint density at radius 3 is 2.57 bits per heavy atom. The van der Waals surface area contributed by atoms with Crippen LogP contribution in [0.1, 0.15) is 23.6 Å². The fourth-order valence-corrected chi connectivity index (χ4v) is 2.71. The summed E-state index contributed by atoms with van der Waals surface area (Å²) in [5, 5.41) is 0.742. The smallest absolute Gasteiger partial charge is 0.0409 e. The van der Waals surface area contributed by atoms with Gasteiger partial charge in [-0.25, -0.2) is 0 Å². The molecule has 4 heteroatoms. The third-order valence-electron chi connectivity index (χ3n) is 3.46. The van der Waals surface area contributed by atoms with E-state index in [9.17, 15) is 0 Å². The van der Waals surface area contributed by atoms with Crippen molar-refractivity contribution < 1.29 is 0 Å². The Morgan fingerprint density at radius 1 is 1.19 bits per heavy atom. The number of hydrogen-bond donors (Lipinski definition) is 1. The fourth-order valence-electron chi connectivity index (χ4n) is 2.24. The highest BCUT2D eigenvalue weighted by atomic mass is 79.9. The normalized spacial score (nSPS) is 12.6. The summed E-state index contributed by atoms with van der Waals surface area (Å²) in [6, 6.07) is 16.2. The van der Waals surface area contributed by atoms with E-state index in [2.05, 4.69) is 52.1 Å². The van der Waals surface area contributed by atoms with Crippen LogP contribution < -0.4 is 5.73 Å². The van der Waals surface area contributed by atoms with Gasteiger partial charge in [-0.05, 0) is 55.4 Å². The van der Waals surface area contributed by atoms with Crippen molar-refractivity contribution in [2.45, 2.75) is 19.0 Å². The van der Waals surface area contributed by atoms with Gasteiger partial charge in [0.1, 0.15) is 0 Å². The number of nitrogens with two attached hydrogens (primary N) is 1. The Balaban J connectivity index is 1.83. The molecule has 0 saturated heterocycles. The number of hydrogen-bond acceptors (Lipinski definition) is 2. The Hall–Kier alpha value is -0.870. The van der Waals surface area contributed by atoms with E-state index < -0.39 is 0 Å². The van der Waals surface area contributed by atoms with Gasteiger partial charge >= 0.3 is 0 Å². The van der Waals surface area contributed by atoms with Crippen LogP contribution in [0.15, 0.2) is 53.0 Å². The van der Waals surface area contributed by atoms with Crippen molar-refractivity contribution in [3.05, 3.63) is 69.2 Å². The summed E-state index contributed by atoms with van der Waals surface area (Å²) in [6.45, 7) is 1.87. The first kappa shape index (κ1) is 16.5. The van der Waals surface area contributed by atoms with E-state index in [-0.39, 0.29) is 6.04 Å². The molecule has 0 aromatic heterocycles. The lowest BCUT2D eigenvalue weighted by atomic mass is 10.0. The van der Waals surface area contributed by atoms with Crippen LogP contribution in [0.4, 0.5) is 0 Å². The maximum Gasteiger partial charge on any atom is 0.0409 e. The van der Waals surface area contributed by atoms with Gasteiger partial charge in [0.2, 0.25) is 0 Å². The average Bonchev–Trinajstić information content (AvgIpc) is 2.47. The molecular formula is C17H20BrClN2. The van der Waals surface area contributed by atoms with Crippen molar-refractivity contribution in [3.63, 3.8) is 0 Å². The zero-order valence-electron chi connectivity index (χ0n) is 12.1. The monoisotopic (exact) mass is 366 g/mol. The molecule has 0 radical (unpaired) electrons. The highest BCUT2D eigenvalue weighted by Crippen LogP contribution is 2.19. The fraction of sp³-hybridized carbons (Fsp3) is 0.294. The molecular weight excluding hydrogens is 348 g/mol. The van der Waals surface area contributed by atoms with Gasteiger partial charge in [0.15, 0.2) is 0 Å². The lowest BCUT2D eigenvalue weighted by Gasteiger charge is -2.20. The first-order valence-corrected chi connectivity index (χ1v) is 8.16. The summed E-state index contributed by atoms with van der Waals surface area (Å²) < 4.78 is 1.11. The minimum atomic E-state index is 0.0241. The molecule has 2 nitrogen and oxygen atoms in total. The molecule has 2 aromatic rings. The van der Waals surface area contributed by atoms with Gasteiger partial charge < -0.3 is 10.6 Å². The van der Waals surface area contributed by atoms with Crippen molar-refractivity contribution >= 4 is 27.5 Å². The van der Waals surface area contributed by atoms with E-state index in [1.54, 1.807) is 0 Å². The van der Waals surface area contributed by atoms with Crippen molar-refractivity contribution in [1.29, 1.82) is 0 Å². The molecule has 2 aromatic carbocycles. The van der Waals surface area contributed by atoms with E-state index in [1.165, 1.54) is 5.56 Å². The van der Waals surface area contributed by atoms with Crippen molar-refractivity contribution in [1.82, 2.24) is 4.90 Å². The maximum atomic E-state index is 6.23. The van der Waals surface area contributed by atoms with Gasteiger partial charge in [-0.3, -0.25) is 0 Å². The van der Waals surface area contributed by atoms with E-state index in [1.807, 2.05) is 24.3 Å². The maximum absolute atomic E-state index is 6.23. The molecule has 21 heavy (non-hydrogen) atoms. The van der Waals surface area contributed by atoms with Crippen LogP contribution in [0.2, 0.25) is 5.02 Å². The molecule has 1 atom stereocenters. The van der Waals surface area contributed by atoms with Gasteiger partial charge in [-0.15, -0.1) is 0 Å². The van der Waals surface area contributed by atoms with Crippen molar-refractivity contribution in [3.8, 4) is 0 Å². The lowest BCUT2D eigenvalue weighted by molar-refractivity contribution is 0.311. The molecule has 0 spiro atoms. The second-order valence-corrected chi connectivity index (χ2v) is 6.67. The van der Waals surface area contributed by atoms with E-state index >= 15 is 0 Å². The van der Waals surface area contributed by atoms with E-state index in [0.29, 0.717) is 0 Å². The van der Waals surface area contributed by atoms with Gasteiger partial charge in [0, 0.05) is 22.1 Å². The third kappa shape index (κ3) is 5.44. The average molecular weight is 368 g/mol. The molecule has 1 unspecified atom stereocenters. The molecule has 0 aliphatic rings. The highest BCUT2D eigenvalue weighted by Gasteiger charge is 2.08. The van der Waals surface area contributed by atoms with Gasteiger partial charge in [-0.2, -0.15) is 0 Å². The Labute approximate surface area is 140 Å². The first-order valence-electron chi connectivity index (χ1n) is 6.98. The minimum absolute atomic E-state index is 0.0241. The largest absolute Gasteiger partial charge is 0.324 e. The summed E-state index contributed by atoms with van der Waals surface area (Å²) in [5.41, 5.74) is 8.63. The zero-order valence-corrected chi connectivity index (χ0v) is 14.4. The van der Waals surface area contributed by atoms with Crippen LogP contribution in [-0.2, 0) is 6.54 Å². The minimum Gasteiger partial charge on any atom is -0.324 e. The zero-order chi connectivity index (χ0) is 15.2. The molecule has 0 heterocycles. The standard InChI is InChI=1S/C17H20BrClN2/c1-21(12-13-5-7-15(18)8-6-13)10-9-17(20)14-3-2-4-16(19)11-14/h2-8,11,17H,9-10,12,20H2,1H3. The Kier molecular flexibility index (Phi) is 6.24. The second kappa shape index (κ2) is 7.95. The number of nitrogens with zero attached hydrogens (tertiary/aromatic N) is 1. The second-order valence-electron chi connectivity index (χ2n) is 5.31. The van der Waals surface area contributed by atoms with Crippen LogP contribution in [0.3, 0.4) is 0 Å². The number of halogens is 2. The summed E-state index contributed by atoms with van der Waals surface area (Å²) in [6.07, 6.45) is 0.910. The van der Waals surface area contributed by atoms with E-state index in [0.717, 1.165) is 34.6 Å². The van der Waals surface area contributed by atoms with Crippen LogP contribution in [0, 0.1) is 0 Å².